The van der Waals surface area contributed by atoms with Gasteiger partial charge in [-0.2, -0.15) is 0 Å². The van der Waals surface area contributed by atoms with Gasteiger partial charge in [0.25, 0.3) is 0 Å². The molecule has 0 aromatic rings. The average molecular weight is 503 g/mol. The van der Waals surface area contributed by atoms with Gasteiger partial charge < -0.3 is 20.3 Å². The highest BCUT2D eigenvalue weighted by atomic mass is 127. The topological polar surface area (TPSA) is 66.0 Å². The number of nitrogens with one attached hydrogen (secondary N) is 2. The summed E-state index contributed by atoms with van der Waals surface area (Å²) in [5, 5.41) is 6.78. The SMILES string of the molecule is CN=C(NCCS(=O)C(C)(C)C)NC1CCN(CCOC(C)C)CC1.I. The Morgan fingerprint density at radius 3 is 2.42 bits per heavy atom. The Kier molecular flexibility index (Phi) is 13.3. The third-order valence-corrected chi connectivity index (χ3v) is 6.21. The summed E-state index contributed by atoms with van der Waals surface area (Å²) in [4.78, 5) is 6.75. The van der Waals surface area contributed by atoms with Gasteiger partial charge in [0.05, 0.1) is 12.7 Å². The molecular weight excluding hydrogens is 463 g/mol. The molecule has 1 saturated heterocycles. The van der Waals surface area contributed by atoms with E-state index in [0.717, 1.165) is 45.0 Å². The van der Waals surface area contributed by atoms with Crippen LogP contribution in [0.2, 0.25) is 0 Å². The second-order valence-corrected chi connectivity index (χ2v) is 10.2. The van der Waals surface area contributed by atoms with Crippen LogP contribution in [0.4, 0.5) is 0 Å². The first-order chi connectivity index (χ1) is 11.7. The second kappa shape index (κ2) is 13.3. The van der Waals surface area contributed by atoms with Gasteiger partial charge in [0.2, 0.25) is 0 Å². The van der Waals surface area contributed by atoms with Gasteiger partial charge in [0.15, 0.2) is 5.96 Å². The predicted molar refractivity (Wildman–Crippen MR) is 123 cm³/mol. The first kappa shape index (κ1) is 26.1. The van der Waals surface area contributed by atoms with Gasteiger partial charge in [-0.05, 0) is 47.5 Å². The van der Waals surface area contributed by atoms with Crippen molar-refractivity contribution < 1.29 is 8.95 Å². The van der Waals surface area contributed by atoms with Crippen molar-refractivity contribution in [3.63, 3.8) is 0 Å². The van der Waals surface area contributed by atoms with E-state index in [1.807, 2.05) is 20.8 Å². The van der Waals surface area contributed by atoms with E-state index < -0.39 is 10.8 Å². The lowest BCUT2D eigenvalue weighted by molar-refractivity contribution is 0.0532. The van der Waals surface area contributed by atoms with E-state index in [1.165, 1.54) is 0 Å². The molecule has 26 heavy (non-hydrogen) atoms. The maximum Gasteiger partial charge on any atom is 0.191 e. The molecule has 0 radical (unpaired) electrons. The van der Waals surface area contributed by atoms with Crippen LogP contribution in [-0.2, 0) is 15.5 Å². The van der Waals surface area contributed by atoms with E-state index >= 15 is 0 Å². The lowest BCUT2D eigenvalue weighted by Gasteiger charge is -2.33. The number of aliphatic imine (C=N–C) groups is 1. The largest absolute Gasteiger partial charge is 0.377 e. The van der Waals surface area contributed by atoms with E-state index in [9.17, 15) is 4.21 Å². The van der Waals surface area contributed by atoms with Gasteiger partial charge >= 0.3 is 0 Å². The number of likely N-dealkylation sites (tertiary alicyclic amines) is 1. The first-order valence-electron chi connectivity index (χ1n) is 9.42. The molecule has 1 heterocycles. The number of guanidine groups is 1. The summed E-state index contributed by atoms with van der Waals surface area (Å²) in [6, 6.07) is 0.446. The zero-order valence-corrected chi connectivity index (χ0v) is 20.5. The highest BCUT2D eigenvalue weighted by molar-refractivity contribution is 14.0. The van der Waals surface area contributed by atoms with Crippen molar-refractivity contribution in [2.45, 2.75) is 64.4 Å². The molecule has 156 valence electrons. The fraction of sp³-hybridized carbons (Fsp3) is 0.944. The van der Waals surface area contributed by atoms with Gasteiger partial charge in [-0.15, -0.1) is 24.0 Å². The van der Waals surface area contributed by atoms with Crippen LogP contribution >= 0.6 is 24.0 Å². The fourth-order valence-electron chi connectivity index (χ4n) is 2.67. The highest BCUT2D eigenvalue weighted by Gasteiger charge is 2.21. The van der Waals surface area contributed by atoms with Crippen LogP contribution in [0.5, 0.6) is 0 Å². The van der Waals surface area contributed by atoms with Crippen LogP contribution in [0, 0.1) is 0 Å². The molecule has 1 rings (SSSR count). The maximum absolute atomic E-state index is 12.1. The van der Waals surface area contributed by atoms with Gasteiger partial charge in [-0.1, -0.05) is 0 Å². The zero-order valence-electron chi connectivity index (χ0n) is 17.3. The molecule has 0 spiro atoms. The Morgan fingerprint density at radius 1 is 1.31 bits per heavy atom. The van der Waals surface area contributed by atoms with E-state index in [1.54, 1.807) is 7.05 Å². The number of hydrogen-bond donors (Lipinski definition) is 2. The van der Waals surface area contributed by atoms with E-state index in [-0.39, 0.29) is 28.7 Å². The van der Waals surface area contributed by atoms with Crippen LogP contribution in [0.15, 0.2) is 4.99 Å². The molecule has 1 aliphatic heterocycles. The third-order valence-electron chi connectivity index (χ3n) is 4.27. The Hall–Kier alpha value is 0.0700. The molecule has 8 heteroatoms. The molecule has 0 saturated carbocycles. The molecular formula is C18H39IN4O2S. The molecule has 1 fully saturated rings. The van der Waals surface area contributed by atoms with Crippen molar-refractivity contribution >= 4 is 40.7 Å². The van der Waals surface area contributed by atoms with Crippen LogP contribution in [-0.4, -0.2) is 77.5 Å². The fourth-order valence-corrected chi connectivity index (χ4v) is 3.57. The van der Waals surface area contributed by atoms with Gasteiger partial charge in [0, 0.05) is 60.6 Å². The van der Waals surface area contributed by atoms with Crippen molar-refractivity contribution in [3.05, 3.63) is 0 Å². The summed E-state index contributed by atoms with van der Waals surface area (Å²) in [6.45, 7) is 14.9. The minimum absolute atomic E-state index is 0. The second-order valence-electron chi connectivity index (χ2n) is 7.84. The van der Waals surface area contributed by atoms with Crippen molar-refractivity contribution in [1.82, 2.24) is 15.5 Å². The number of rotatable bonds is 8. The Balaban J connectivity index is 0.00000625. The van der Waals surface area contributed by atoms with Gasteiger partial charge in [-0.25, -0.2) is 0 Å². The smallest absolute Gasteiger partial charge is 0.191 e. The number of ether oxygens (including phenoxy) is 1. The molecule has 0 amide bonds. The molecule has 0 bridgehead atoms. The lowest BCUT2D eigenvalue weighted by Crippen LogP contribution is -2.49. The van der Waals surface area contributed by atoms with Crippen molar-refractivity contribution in [1.29, 1.82) is 0 Å². The minimum Gasteiger partial charge on any atom is -0.377 e. The average Bonchev–Trinajstić information content (AvgIpc) is 2.54. The standard InChI is InChI=1S/C18H38N4O2S.HI/c1-15(2)24-13-12-22-10-7-16(8-11-22)21-17(19-6)20-9-14-25(23)18(3,4)5;/h15-16H,7-14H2,1-6H3,(H2,19,20,21);1H. The zero-order chi connectivity index (χ0) is 18.9. The highest BCUT2D eigenvalue weighted by Crippen LogP contribution is 2.11. The third kappa shape index (κ3) is 11.0. The summed E-state index contributed by atoms with van der Waals surface area (Å²) in [5.74, 6) is 1.45. The molecule has 1 unspecified atom stereocenters. The quantitative estimate of drug-likeness (QED) is 0.303. The molecule has 1 aliphatic rings. The predicted octanol–water partition coefficient (Wildman–Crippen LogP) is 2.21. The van der Waals surface area contributed by atoms with Crippen molar-refractivity contribution in [2.24, 2.45) is 4.99 Å². The van der Waals surface area contributed by atoms with Crippen LogP contribution in [0.1, 0.15) is 47.5 Å². The number of hydrogen-bond acceptors (Lipinski definition) is 4. The van der Waals surface area contributed by atoms with E-state index in [4.69, 9.17) is 4.74 Å². The first-order valence-corrected chi connectivity index (χ1v) is 10.7. The summed E-state index contributed by atoms with van der Waals surface area (Å²) in [7, 11) is 0.948. The minimum atomic E-state index is -0.838. The molecule has 0 aliphatic carbocycles. The Labute approximate surface area is 179 Å². The van der Waals surface area contributed by atoms with Crippen LogP contribution < -0.4 is 10.6 Å². The Bertz CT molecular complexity index is 433. The lowest BCUT2D eigenvalue weighted by atomic mass is 10.1. The van der Waals surface area contributed by atoms with Crippen molar-refractivity contribution in [3.8, 4) is 0 Å². The number of piperidine rings is 1. The van der Waals surface area contributed by atoms with Crippen LogP contribution in [0.25, 0.3) is 0 Å². The number of halogens is 1. The van der Waals surface area contributed by atoms with Gasteiger partial charge in [-0.3, -0.25) is 9.20 Å². The van der Waals surface area contributed by atoms with E-state index in [2.05, 4.69) is 34.4 Å². The van der Waals surface area contributed by atoms with Crippen molar-refractivity contribution in [2.75, 3.05) is 45.6 Å². The van der Waals surface area contributed by atoms with Crippen LogP contribution in [0.3, 0.4) is 0 Å². The normalized spacial score (nSPS) is 18.5. The van der Waals surface area contributed by atoms with E-state index in [0.29, 0.717) is 24.4 Å². The molecule has 0 aromatic carbocycles. The Morgan fingerprint density at radius 2 is 1.92 bits per heavy atom. The maximum atomic E-state index is 12.1. The van der Waals surface area contributed by atoms with Gasteiger partial charge in [0.1, 0.15) is 0 Å². The number of nitrogens with zero attached hydrogens (tertiary/aromatic N) is 2. The molecule has 2 N–H and O–H groups in total. The summed E-state index contributed by atoms with van der Waals surface area (Å²) >= 11 is 0. The molecule has 0 aromatic heterocycles. The molecule has 1 atom stereocenters. The monoisotopic (exact) mass is 502 g/mol. The summed E-state index contributed by atoms with van der Waals surface area (Å²) < 4.78 is 17.6. The summed E-state index contributed by atoms with van der Waals surface area (Å²) in [6.07, 6.45) is 2.52. The molecule has 6 nitrogen and oxygen atoms in total. The summed E-state index contributed by atoms with van der Waals surface area (Å²) in [5.41, 5.74) is 0.